The van der Waals surface area contributed by atoms with Crippen LogP contribution in [0.2, 0.25) is 0 Å². The van der Waals surface area contributed by atoms with E-state index in [-0.39, 0.29) is 10.8 Å². The lowest BCUT2D eigenvalue weighted by Crippen LogP contribution is -2.26. The maximum atomic E-state index is 12.6. The zero-order valence-electron chi connectivity index (χ0n) is 16.0. The minimum absolute atomic E-state index is 0.0457. The third-order valence-corrected chi connectivity index (χ3v) is 6.50. The molecule has 0 bridgehead atoms. The first-order valence-corrected chi connectivity index (χ1v) is 11.6. The summed E-state index contributed by atoms with van der Waals surface area (Å²) in [6, 6.07) is 23.0. The van der Waals surface area contributed by atoms with Gasteiger partial charge >= 0.3 is 0 Å². The smallest absolute Gasteiger partial charge is 0.261 e. The second-order valence-electron chi connectivity index (χ2n) is 6.42. The summed E-state index contributed by atoms with van der Waals surface area (Å²) in [6.07, 6.45) is 0. The van der Waals surface area contributed by atoms with Crippen LogP contribution in [0.1, 0.15) is 15.9 Å². The molecule has 3 aromatic carbocycles. The van der Waals surface area contributed by atoms with E-state index in [2.05, 4.69) is 10.0 Å². The summed E-state index contributed by atoms with van der Waals surface area (Å²) >= 11 is 1.65. The highest BCUT2D eigenvalue weighted by Crippen LogP contribution is 2.18. The van der Waals surface area contributed by atoms with E-state index in [1.165, 1.54) is 12.1 Å². The maximum absolute atomic E-state index is 12.6. The molecule has 0 saturated heterocycles. The zero-order chi connectivity index (χ0) is 20.7. The Bertz CT molecular complexity index is 1070. The van der Waals surface area contributed by atoms with E-state index in [0.29, 0.717) is 17.8 Å². The lowest BCUT2D eigenvalue weighted by molar-refractivity contribution is 0.0956. The fourth-order valence-corrected chi connectivity index (χ4v) is 4.49. The van der Waals surface area contributed by atoms with Gasteiger partial charge in [0.2, 0.25) is 0 Å². The van der Waals surface area contributed by atoms with Crippen molar-refractivity contribution >= 4 is 33.4 Å². The monoisotopic (exact) mass is 426 g/mol. The number of nitrogens with one attached hydrogen (secondary N) is 2. The Morgan fingerprint density at radius 1 is 0.931 bits per heavy atom. The highest BCUT2D eigenvalue weighted by atomic mass is 32.2. The summed E-state index contributed by atoms with van der Waals surface area (Å²) in [6.45, 7) is 2.41. The number of hydrogen-bond acceptors (Lipinski definition) is 4. The number of aryl methyl sites for hydroxylation is 1. The lowest BCUT2D eigenvalue weighted by atomic mass is 10.2. The number of sulfonamides is 1. The zero-order valence-corrected chi connectivity index (χ0v) is 17.6. The Morgan fingerprint density at radius 2 is 1.66 bits per heavy atom. The summed E-state index contributed by atoms with van der Waals surface area (Å²) in [5.41, 5.74) is 1.82. The van der Waals surface area contributed by atoms with E-state index in [0.717, 1.165) is 16.2 Å². The van der Waals surface area contributed by atoms with Crippen LogP contribution in [0.3, 0.4) is 0 Å². The molecule has 0 radical (unpaired) electrons. The van der Waals surface area contributed by atoms with Crippen molar-refractivity contribution in [2.45, 2.75) is 16.7 Å². The summed E-state index contributed by atoms with van der Waals surface area (Å²) in [7, 11) is -3.78. The van der Waals surface area contributed by atoms with Crippen molar-refractivity contribution in [2.24, 2.45) is 0 Å². The number of anilines is 1. The Hall–Kier alpha value is -2.77. The van der Waals surface area contributed by atoms with Crippen molar-refractivity contribution in [1.82, 2.24) is 5.32 Å². The fraction of sp³-hybridized carbons (Fsp3) is 0.136. The molecule has 29 heavy (non-hydrogen) atoms. The molecule has 0 fully saturated rings. The van der Waals surface area contributed by atoms with Crippen LogP contribution in [0.25, 0.3) is 0 Å². The van der Waals surface area contributed by atoms with Crippen LogP contribution in [-0.2, 0) is 10.0 Å². The molecule has 150 valence electrons. The van der Waals surface area contributed by atoms with Crippen LogP contribution in [0, 0.1) is 6.92 Å². The van der Waals surface area contributed by atoms with Gasteiger partial charge in [0.25, 0.3) is 15.9 Å². The minimum Gasteiger partial charge on any atom is -0.351 e. The average molecular weight is 427 g/mol. The number of rotatable bonds is 8. The lowest BCUT2D eigenvalue weighted by Gasteiger charge is -2.10. The predicted octanol–water partition coefficient (Wildman–Crippen LogP) is 4.32. The molecule has 2 N–H and O–H groups in total. The van der Waals surface area contributed by atoms with Crippen molar-refractivity contribution in [1.29, 1.82) is 0 Å². The van der Waals surface area contributed by atoms with Crippen molar-refractivity contribution in [2.75, 3.05) is 17.0 Å². The van der Waals surface area contributed by atoms with Crippen LogP contribution < -0.4 is 10.0 Å². The van der Waals surface area contributed by atoms with Gasteiger partial charge in [-0.05, 0) is 49.4 Å². The van der Waals surface area contributed by atoms with Gasteiger partial charge in [-0.2, -0.15) is 0 Å². The summed E-state index contributed by atoms with van der Waals surface area (Å²) in [4.78, 5) is 13.6. The summed E-state index contributed by atoms with van der Waals surface area (Å²) in [5, 5.41) is 2.83. The van der Waals surface area contributed by atoms with Gasteiger partial charge in [-0.25, -0.2) is 8.42 Å². The molecular weight excluding hydrogens is 404 g/mol. The molecule has 0 aromatic heterocycles. The number of carbonyl (C=O) groups is 1. The first-order chi connectivity index (χ1) is 13.9. The third-order valence-electron chi connectivity index (χ3n) is 4.11. The van der Waals surface area contributed by atoms with Gasteiger partial charge < -0.3 is 5.32 Å². The second kappa shape index (κ2) is 9.62. The van der Waals surface area contributed by atoms with Crippen LogP contribution in [0.15, 0.2) is 88.7 Å². The molecule has 7 heteroatoms. The topological polar surface area (TPSA) is 75.3 Å². The molecule has 0 spiro atoms. The van der Waals surface area contributed by atoms with Gasteiger partial charge in [0.1, 0.15) is 0 Å². The largest absolute Gasteiger partial charge is 0.351 e. The van der Waals surface area contributed by atoms with Gasteiger partial charge in [0.05, 0.1) is 4.90 Å². The number of thioether (sulfide) groups is 1. The Kier molecular flexibility index (Phi) is 6.95. The van der Waals surface area contributed by atoms with Gasteiger partial charge in [-0.1, -0.05) is 42.0 Å². The van der Waals surface area contributed by atoms with Gasteiger partial charge in [-0.3, -0.25) is 9.52 Å². The van der Waals surface area contributed by atoms with Crippen molar-refractivity contribution in [3.05, 3.63) is 90.0 Å². The van der Waals surface area contributed by atoms with Crippen LogP contribution in [0.4, 0.5) is 5.69 Å². The normalized spacial score (nSPS) is 11.1. The molecule has 1 amide bonds. The molecule has 0 unspecified atom stereocenters. The molecule has 0 heterocycles. The maximum Gasteiger partial charge on any atom is 0.261 e. The standard InChI is InChI=1S/C22H22N2O3S2/c1-17-10-12-19(13-11-17)24-29(26,27)21-9-5-6-18(16-21)22(25)23-14-15-28-20-7-3-2-4-8-20/h2-13,16,24H,14-15H2,1H3,(H,23,25). The molecule has 3 rings (SSSR count). The van der Waals surface area contributed by atoms with E-state index in [1.54, 1.807) is 36.0 Å². The van der Waals surface area contributed by atoms with Crippen molar-refractivity contribution in [3.63, 3.8) is 0 Å². The summed E-state index contributed by atoms with van der Waals surface area (Å²) < 4.78 is 27.8. The molecular formula is C22H22N2O3S2. The Labute approximate surface area is 175 Å². The number of hydrogen-bond donors (Lipinski definition) is 2. The first kappa shape index (κ1) is 21.0. The van der Waals surface area contributed by atoms with E-state index in [9.17, 15) is 13.2 Å². The quantitative estimate of drug-likeness (QED) is 0.416. The van der Waals surface area contributed by atoms with Gasteiger partial charge in [0.15, 0.2) is 0 Å². The molecule has 3 aromatic rings. The summed E-state index contributed by atoms with van der Waals surface area (Å²) in [5.74, 6) is 0.425. The average Bonchev–Trinajstić information content (AvgIpc) is 2.73. The van der Waals surface area contributed by atoms with Crippen LogP contribution in [-0.4, -0.2) is 26.6 Å². The molecule has 0 aliphatic rings. The molecule has 0 aliphatic heterocycles. The van der Waals surface area contributed by atoms with E-state index in [1.807, 2.05) is 49.4 Å². The Morgan fingerprint density at radius 3 is 2.38 bits per heavy atom. The van der Waals surface area contributed by atoms with Crippen LogP contribution in [0.5, 0.6) is 0 Å². The molecule has 0 atom stereocenters. The van der Waals surface area contributed by atoms with Gasteiger partial charge in [0, 0.05) is 28.4 Å². The Balaban J connectivity index is 1.60. The van der Waals surface area contributed by atoms with Crippen molar-refractivity contribution < 1.29 is 13.2 Å². The van der Waals surface area contributed by atoms with E-state index in [4.69, 9.17) is 0 Å². The third kappa shape index (κ3) is 6.10. The number of carbonyl (C=O) groups excluding carboxylic acids is 1. The van der Waals surface area contributed by atoms with E-state index >= 15 is 0 Å². The highest BCUT2D eigenvalue weighted by Gasteiger charge is 2.16. The minimum atomic E-state index is -3.78. The van der Waals surface area contributed by atoms with Gasteiger partial charge in [-0.15, -0.1) is 11.8 Å². The molecule has 5 nitrogen and oxygen atoms in total. The van der Waals surface area contributed by atoms with Crippen LogP contribution >= 0.6 is 11.8 Å². The molecule has 0 saturated carbocycles. The van der Waals surface area contributed by atoms with Crippen molar-refractivity contribution in [3.8, 4) is 0 Å². The SMILES string of the molecule is Cc1ccc(NS(=O)(=O)c2cccc(C(=O)NCCSc3ccccc3)c2)cc1. The first-order valence-electron chi connectivity index (χ1n) is 9.10. The number of benzene rings is 3. The van der Waals surface area contributed by atoms with E-state index < -0.39 is 10.0 Å². The number of amides is 1. The highest BCUT2D eigenvalue weighted by molar-refractivity contribution is 7.99. The predicted molar refractivity (Wildman–Crippen MR) is 118 cm³/mol. The second-order valence-corrected chi connectivity index (χ2v) is 9.27. The fourth-order valence-electron chi connectivity index (χ4n) is 2.59. The molecule has 0 aliphatic carbocycles.